The monoisotopic (exact) mass is 391 g/mol. The molecule has 7 nitrogen and oxygen atoms in total. The quantitative estimate of drug-likeness (QED) is 0.833. The number of nitrogens with zero attached hydrogens (tertiary/aromatic N) is 3. The summed E-state index contributed by atoms with van der Waals surface area (Å²) in [5.41, 5.74) is 11.6. The third kappa shape index (κ3) is 3.25. The number of nitrogens with two attached hydrogens (primary N) is 2. The van der Waals surface area contributed by atoms with Crippen LogP contribution in [0.1, 0.15) is 13.8 Å². The van der Waals surface area contributed by atoms with E-state index in [1.807, 2.05) is 13.8 Å². The molecule has 2 aromatic rings. The van der Waals surface area contributed by atoms with Gasteiger partial charge in [0.15, 0.2) is 0 Å². The fourth-order valence-electron chi connectivity index (χ4n) is 2.78. The molecule has 1 aliphatic heterocycles. The van der Waals surface area contributed by atoms with Crippen molar-refractivity contribution in [3.63, 3.8) is 0 Å². The SMILES string of the molecule is CC1(C)N=C(N)N=C(N)N1c1ccc(S(=O)(=O)c2ccc(Cl)cc2)cc1. The molecule has 0 aromatic heterocycles. The van der Waals surface area contributed by atoms with Crippen molar-refractivity contribution in [2.24, 2.45) is 21.5 Å². The summed E-state index contributed by atoms with van der Waals surface area (Å²) in [5.74, 6) is 0.293. The van der Waals surface area contributed by atoms with Gasteiger partial charge in [-0.1, -0.05) is 11.6 Å². The zero-order valence-electron chi connectivity index (χ0n) is 14.2. The molecule has 9 heteroatoms. The van der Waals surface area contributed by atoms with E-state index in [1.54, 1.807) is 29.2 Å². The summed E-state index contributed by atoms with van der Waals surface area (Å²) in [7, 11) is -3.64. The minimum absolute atomic E-state index is 0.102. The minimum atomic E-state index is -3.64. The Balaban J connectivity index is 1.97. The van der Waals surface area contributed by atoms with E-state index in [4.69, 9.17) is 23.1 Å². The molecule has 4 N–H and O–H groups in total. The van der Waals surface area contributed by atoms with Crippen LogP contribution in [0.2, 0.25) is 5.02 Å². The number of rotatable bonds is 3. The summed E-state index contributed by atoms with van der Waals surface area (Å²) in [4.78, 5) is 10.3. The number of halogens is 1. The van der Waals surface area contributed by atoms with E-state index < -0.39 is 15.5 Å². The lowest BCUT2D eigenvalue weighted by Gasteiger charge is -2.38. The van der Waals surface area contributed by atoms with Crippen molar-refractivity contribution in [2.75, 3.05) is 4.90 Å². The number of benzene rings is 2. The van der Waals surface area contributed by atoms with Gasteiger partial charge < -0.3 is 11.5 Å². The van der Waals surface area contributed by atoms with Gasteiger partial charge >= 0.3 is 0 Å². The lowest BCUT2D eigenvalue weighted by atomic mass is 10.1. The number of guanidine groups is 2. The van der Waals surface area contributed by atoms with E-state index in [0.717, 1.165) is 0 Å². The first-order valence-electron chi connectivity index (χ1n) is 7.72. The van der Waals surface area contributed by atoms with E-state index in [-0.39, 0.29) is 21.7 Å². The second kappa shape index (κ2) is 6.30. The van der Waals surface area contributed by atoms with Crippen molar-refractivity contribution in [3.05, 3.63) is 53.6 Å². The molecule has 0 spiro atoms. The normalized spacial score (nSPS) is 16.8. The molecule has 0 fully saturated rings. The number of hydrogen-bond acceptors (Lipinski definition) is 7. The average molecular weight is 392 g/mol. The van der Waals surface area contributed by atoms with Crippen LogP contribution in [0.5, 0.6) is 0 Å². The summed E-state index contributed by atoms with van der Waals surface area (Å²) < 4.78 is 25.4. The number of hydrogen-bond donors (Lipinski definition) is 2. The maximum Gasteiger partial charge on any atom is 0.220 e. The molecule has 0 unspecified atom stereocenters. The van der Waals surface area contributed by atoms with E-state index >= 15 is 0 Å². The highest BCUT2D eigenvalue weighted by molar-refractivity contribution is 7.91. The van der Waals surface area contributed by atoms with Crippen molar-refractivity contribution < 1.29 is 8.42 Å². The number of aliphatic imine (C=N–C) groups is 2. The lowest BCUT2D eigenvalue weighted by molar-refractivity contribution is 0.534. The fraction of sp³-hybridized carbons (Fsp3) is 0.176. The molecule has 3 rings (SSSR count). The molecule has 1 aliphatic rings. The van der Waals surface area contributed by atoms with Gasteiger partial charge in [-0.3, -0.25) is 4.90 Å². The van der Waals surface area contributed by atoms with Gasteiger partial charge in [0.25, 0.3) is 0 Å². The van der Waals surface area contributed by atoms with Gasteiger partial charge in [0, 0.05) is 10.7 Å². The van der Waals surface area contributed by atoms with Crippen molar-refractivity contribution in [3.8, 4) is 0 Å². The third-order valence-corrected chi connectivity index (χ3v) is 5.96. The first-order chi connectivity index (χ1) is 12.1. The highest BCUT2D eigenvalue weighted by Crippen LogP contribution is 2.29. The second-order valence-electron chi connectivity index (χ2n) is 6.22. The average Bonchev–Trinajstić information content (AvgIpc) is 2.54. The highest BCUT2D eigenvalue weighted by Gasteiger charge is 2.33. The molecule has 0 amide bonds. The Labute approximate surface area is 156 Å². The Bertz CT molecular complexity index is 996. The molecule has 26 heavy (non-hydrogen) atoms. The molecule has 0 radical (unpaired) electrons. The molecule has 0 bridgehead atoms. The van der Waals surface area contributed by atoms with Crippen molar-refractivity contribution >= 4 is 39.0 Å². The van der Waals surface area contributed by atoms with Gasteiger partial charge in [0.1, 0.15) is 5.66 Å². The molecule has 0 atom stereocenters. The van der Waals surface area contributed by atoms with Crippen LogP contribution in [-0.2, 0) is 9.84 Å². The van der Waals surface area contributed by atoms with Gasteiger partial charge in [-0.05, 0) is 62.4 Å². The van der Waals surface area contributed by atoms with Crippen LogP contribution in [0.4, 0.5) is 5.69 Å². The van der Waals surface area contributed by atoms with Crippen LogP contribution in [0.3, 0.4) is 0 Å². The topological polar surface area (TPSA) is 114 Å². The second-order valence-corrected chi connectivity index (χ2v) is 8.61. The summed E-state index contributed by atoms with van der Waals surface area (Å²) in [6, 6.07) is 12.4. The standard InChI is InChI=1S/C17H18ClN5O2S/c1-17(2)22-15(19)21-16(20)23(17)12-5-9-14(10-6-12)26(24,25)13-7-3-11(18)4-8-13/h3-10H,1-2H3,(H4,19,20,21,22). The Morgan fingerprint density at radius 1 is 0.962 bits per heavy atom. The first-order valence-corrected chi connectivity index (χ1v) is 9.58. The molecule has 0 saturated carbocycles. The molecule has 1 heterocycles. The van der Waals surface area contributed by atoms with E-state index in [2.05, 4.69) is 9.98 Å². The highest BCUT2D eigenvalue weighted by atomic mass is 35.5. The van der Waals surface area contributed by atoms with E-state index in [9.17, 15) is 8.42 Å². The van der Waals surface area contributed by atoms with Gasteiger partial charge in [0.2, 0.25) is 21.8 Å². The van der Waals surface area contributed by atoms with Crippen LogP contribution in [0.15, 0.2) is 68.3 Å². The predicted molar refractivity (Wildman–Crippen MR) is 103 cm³/mol. The predicted octanol–water partition coefficient (Wildman–Crippen LogP) is 2.36. The smallest absolute Gasteiger partial charge is 0.220 e. The summed E-state index contributed by atoms with van der Waals surface area (Å²) in [5, 5.41) is 0.473. The van der Waals surface area contributed by atoms with Crippen LogP contribution < -0.4 is 16.4 Å². The van der Waals surface area contributed by atoms with Crippen LogP contribution in [-0.4, -0.2) is 26.0 Å². The Kier molecular flexibility index (Phi) is 4.41. The van der Waals surface area contributed by atoms with Crippen molar-refractivity contribution in [2.45, 2.75) is 29.3 Å². The van der Waals surface area contributed by atoms with Gasteiger partial charge in [0.05, 0.1) is 9.79 Å². The van der Waals surface area contributed by atoms with Crippen LogP contribution >= 0.6 is 11.6 Å². The molecular formula is C17H18ClN5O2S. The maximum absolute atomic E-state index is 12.7. The van der Waals surface area contributed by atoms with Crippen molar-refractivity contribution in [1.29, 1.82) is 0 Å². The van der Waals surface area contributed by atoms with Gasteiger partial charge in [-0.25, -0.2) is 13.4 Å². The molecule has 0 saturated heterocycles. The fourth-order valence-corrected chi connectivity index (χ4v) is 4.16. The summed E-state index contributed by atoms with van der Waals surface area (Å²) in [6.45, 7) is 3.67. The summed E-state index contributed by atoms with van der Waals surface area (Å²) in [6.07, 6.45) is 0. The van der Waals surface area contributed by atoms with Crippen LogP contribution in [0, 0.1) is 0 Å². The van der Waals surface area contributed by atoms with Crippen molar-refractivity contribution in [1.82, 2.24) is 0 Å². The van der Waals surface area contributed by atoms with Gasteiger partial charge in [-0.15, -0.1) is 0 Å². The Morgan fingerprint density at radius 2 is 1.46 bits per heavy atom. The minimum Gasteiger partial charge on any atom is -0.369 e. The van der Waals surface area contributed by atoms with E-state index in [1.165, 1.54) is 24.3 Å². The van der Waals surface area contributed by atoms with E-state index in [0.29, 0.717) is 10.7 Å². The third-order valence-electron chi connectivity index (χ3n) is 3.92. The lowest BCUT2D eigenvalue weighted by Crippen LogP contribution is -2.54. The molecule has 2 aromatic carbocycles. The Morgan fingerprint density at radius 3 is 1.96 bits per heavy atom. The largest absolute Gasteiger partial charge is 0.369 e. The van der Waals surface area contributed by atoms with Crippen LogP contribution in [0.25, 0.3) is 0 Å². The zero-order chi connectivity index (χ0) is 19.1. The first kappa shape index (κ1) is 18.2. The maximum atomic E-state index is 12.7. The summed E-state index contributed by atoms with van der Waals surface area (Å²) >= 11 is 5.82. The van der Waals surface area contributed by atoms with Gasteiger partial charge in [-0.2, -0.15) is 4.99 Å². The zero-order valence-corrected chi connectivity index (χ0v) is 15.8. The molecule has 136 valence electrons. The number of sulfone groups is 1. The molecular weight excluding hydrogens is 374 g/mol. The number of anilines is 1. The molecule has 0 aliphatic carbocycles. The Hall–Kier alpha value is -2.58.